The van der Waals surface area contributed by atoms with Crippen LogP contribution in [0.5, 0.6) is 0 Å². The molecule has 1 aromatic carbocycles. The Hall–Kier alpha value is -0.570. The van der Waals surface area contributed by atoms with Crippen LogP contribution < -0.4 is 5.73 Å². The maximum Gasteiger partial charge on any atom is 0.0398 e. The van der Waals surface area contributed by atoms with E-state index in [0.717, 1.165) is 19.4 Å². The lowest BCUT2D eigenvalue weighted by atomic mass is 10.1. The summed E-state index contributed by atoms with van der Waals surface area (Å²) in [6.07, 6.45) is 9.00. The van der Waals surface area contributed by atoms with E-state index in [-0.39, 0.29) is 30.9 Å². The van der Waals surface area contributed by atoms with E-state index in [0.29, 0.717) is 0 Å². The molecule has 1 rings (SSSR count). The number of aryl methyl sites for hydroxylation is 1. The Bertz CT molecular complexity index is 329. The van der Waals surface area contributed by atoms with Crippen LogP contribution in [0.3, 0.4) is 0 Å². The van der Waals surface area contributed by atoms with E-state index in [1.807, 2.05) is 12.3 Å². The molecule has 1 unspecified atom stereocenters. The van der Waals surface area contributed by atoms with Gasteiger partial charge in [0.05, 0.1) is 0 Å². The quantitative estimate of drug-likeness (QED) is 0.530. The van der Waals surface area contributed by atoms with Gasteiger partial charge in [-0.05, 0) is 24.8 Å². The predicted octanol–water partition coefficient (Wildman–Crippen LogP) is 4.44. The molecule has 1 aromatic rings. The number of unbranched alkanes of at least 4 members (excludes halogenated alkanes) is 3. The van der Waals surface area contributed by atoms with Crippen LogP contribution in [-0.4, -0.2) is 18.8 Å². The largest absolute Gasteiger partial charge is 0.323 e. The van der Waals surface area contributed by atoms with Crippen LogP contribution in [0.15, 0.2) is 35.3 Å². The van der Waals surface area contributed by atoms with Gasteiger partial charge < -0.3 is 5.73 Å². The molecule has 1 atom stereocenters. The van der Waals surface area contributed by atoms with Gasteiger partial charge in [-0.15, -0.1) is 24.8 Å². The molecule has 0 saturated carbocycles. The van der Waals surface area contributed by atoms with Crippen molar-refractivity contribution in [2.45, 2.75) is 51.5 Å². The SMILES string of the molecule is CCCCCCN=CC(N)CCc1ccccc1.Cl.Cl. The molecule has 0 heterocycles. The third-order valence-corrected chi connectivity index (χ3v) is 3.05. The van der Waals surface area contributed by atoms with Gasteiger partial charge in [0, 0.05) is 18.8 Å². The van der Waals surface area contributed by atoms with Crippen molar-refractivity contribution in [2.75, 3.05) is 6.54 Å². The maximum absolute atomic E-state index is 6.01. The van der Waals surface area contributed by atoms with Crippen LogP contribution in [0.2, 0.25) is 0 Å². The summed E-state index contributed by atoms with van der Waals surface area (Å²) in [4.78, 5) is 4.41. The molecule has 0 spiro atoms. The van der Waals surface area contributed by atoms with E-state index in [1.165, 1.54) is 31.2 Å². The van der Waals surface area contributed by atoms with Gasteiger partial charge in [0.25, 0.3) is 0 Å². The van der Waals surface area contributed by atoms with Crippen molar-refractivity contribution in [3.63, 3.8) is 0 Å². The highest BCUT2D eigenvalue weighted by Gasteiger charge is 1.99. The number of rotatable bonds is 9. The molecule has 116 valence electrons. The minimum atomic E-state index is 0. The lowest BCUT2D eigenvalue weighted by Gasteiger charge is -2.05. The van der Waals surface area contributed by atoms with Crippen molar-refractivity contribution in [3.05, 3.63) is 35.9 Å². The molecule has 4 heteroatoms. The van der Waals surface area contributed by atoms with Crippen LogP contribution in [0, 0.1) is 0 Å². The summed E-state index contributed by atoms with van der Waals surface area (Å²) in [5.41, 5.74) is 7.36. The van der Waals surface area contributed by atoms with E-state index >= 15 is 0 Å². The van der Waals surface area contributed by atoms with Gasteiger partial charge in [0.2, 0.25) is 0 Å². The monoisotopic (exact) mass is 318 g/mol. The number of hydrogen-bond acceptors (Lipinski definition) is 2. The first-order chi connectivity index (χ1) is 8.83. The standard InChI is InChI=1S/C16H26N2.2ClH/c1-2-3-4-8-13-18-14-16(17)12-11-15-9-6-5-7-10-15;;/h5-7,9-10,14,16H,2-4,8,11-13,17H2,1H3;2*1H. The molecule has 0 radical (unpaired) electrons. The van der Waals surface area contributed by atoms with Gasteiger partial charge in [0.1, 0.15) is 0 Å². The second-order valence-corrected chi connectivity index (χ2v) is 4.80. The zero-order valence-electron chi connectivity index (χ0n) is 12.3. The molecule has 2 nitrogen and oxygen atoms in total. The van der Waals surface area contributed by atoms with E-state index in [9.17, 15) is 0 Å². The van der Waals surface area contributed by atoms with Gasteiger partial charge in [-0.1, -0.05) is 56.5 Å². The van der Waals surface area contributed by atoms with Crippen molar-refractivity contribution < 1.29 is 0 Å². The summed E-state index contributed by atoms with van der Waals surface area (Å²) in [7, 11) is 0. The molecule has 20 heavy (non-hydrogen) atoms. The Morgan fingerprint density at radius 2 is 1.80 bits per heavy atom. The Balaban J connectivity index is 0. The smallest absolute Gasteiger partial charge is 0.0398 e. The van der Waals surface area contributed by atoms with Crippen molar-refractivity contribution in [2.24, 2.45) is 10.7 Å². The van der Waals surface area contributed by atoms with Crippen LogP contribution >= 0.6 is 24.8 Å². The first kappa shape index (κ1) is 21.7. The average Bonchev–Trinajstić information content (AvgIpc) is 2.41. The lowest BCUT2D eigenvalue weighted by molar-refractivity contribution is 0.673. The summed E-state index contributed by atoms with van der Waals surface area (Å²) in [6, 6.07) is 10.6. The molecule has 0 aliphatic rings. The Morgan fingerprint density at radius 1 is 1.10 bits per heavy atom. The molecule has 0 bridgehead atoms. The summed E-state index contributed by atoms with van der Waals surface area (Å²) < 4.78 is 0. The van der Waals surface area contributed by atoms with Gasteiger partial charge in [0.15, 0.2) is 0 Å². The Morgan fingerprint density at radius 3 is 2.45 bits per heavy atom. The van der Waals surface area contributed by atoms with Crippen molar-refractivity contribution >= 4 is 31.0 Å². The summed E-state index contributed by atoms with van der Waals surface area (Å²) >= 11 is 0. The highest BCUT2D eigenvalue weighted by Crippen LogP contribution is 2.03. The number of halogens is 2. The molecule has 0 fully saturated rings. The zero-order chi connectivity index (χ0) is 13.1. The first-order valence-corrected chi connectivity index (χ1v) is 7.12. The van der Waals surface area contributed by atoms with E-state index < -0.39 is 0 Å². The average molecular weight is 319 g/mol. The van der Waals surface area contributed by atoms with Gasteiger partial charge in [-0.3, -0.25) is 4.99 Å². The van der Waals surface area contributed by atoms with E-state index in [4.69, 9.17) is 5.73 Å². The van der Waals surface area contributed by atoms with Gasteiger partial charge >= 0.3 is 0 Å². The molecule has 0 saturated heterocycles. The number of aliphatic imine (C=N–C) groups is 1. The Labute approximate surface area is 136 Å². The van der Waals surface area contributed by atoms with Crippen LogP contribution in [-0.2, 0) is 6.42 Å². The normalized spacial score (nSPS) is 11.7. The molecular formula is C16H28Cl2N2. The van der Waals surface area contributed by atoms with E-state index in [1.54, 1.807) is 0 Å². The second kappa shape index (κ2) is 14.8. The molecule has 0 aliphatic heterocycles. The van der Waals surface area contributed by atoms with Crippen LogP contribution in [0.25, 0.3) is 0 Å². The topological polar surface area (TPSA) is 38.4 Å². The fourth-order valence-electron chi connectivity index (χ4n) is 1.89. The number of benzene rings is 1. The minimum Gasteiger partial charge on any atom is -0.323 e. The van der Waals surface area contributed by atoms with Crippen molar-refractivity contribution in [1.82, 2.24) is 0 Å². The highest BCUT2D eigenvalue weighted by atomic mass is 35.5. The molecule has 0 aromatic heterocycles. The summed E-state index contributed by atoms with van der Waals surface area (Å²) in [5.74, 6) is 0. The molecule has 2 N–H and O–H groups in total. The molecular weight excluding hydrogens is 291 g/mol. The Kier molecular flexibility index (Phi) is 16.1. The molecule has 0 amide bonds. The van der Waals surface area contributed by atoms with Crippen LogP contribution in [0.4, 0.5) is 0 Å². The predicted molar refractivity (Wildman–Crippen MR) is 94.7 cm³/mol. The van der Waals surface area contributed by atoms with E-state index in [2.05, 4.69) is 36.2 Å². The third kappa shape index (κ3) is 11.3. The number of nitrogens with two attached hydrogens (primary N) is 1. The molecule has 0 aliphatic carbocycles. The van der Waals surface area contributed by atoms with Gasteiger partial charge in [-0.25, -0.2) is 0 Å². The fourth-order valence-corrected chi connectivity index (χ4v) is 1.89. The highest BCUT2D eigenvalue weighted by molar-refractivity contribution is 5.85. The maximum atomic E-state index is 6.01. The fraction of sp³-hybridized carbons (Fsp3) is 0.562. The summed E-state index contributed by atoms with van der Waals surface area (Å²) in [6.45, 7) is 3.15. The first-order valence-electron chi connectivity index (χ1n) is 7.12. The van der Waals surface area contributed by atoms with Gasteiger partial charge in [-0.2, -0.15) is 0 Å². The second-order valence-electron chi connectivity index (χ2n) is 4.80. The third-order valence-electron chi connectivity index (χ3n) is 3.05. The summed E-state index contributed by atoms with van der Waals surface area (Å²) in [5, 5.41) is 0. The van der Waals surface area contributed by atoms with Crippen molar-refractivity contribution in [1.29, 1.82) is 0 Å². The number of nitrogens with zero attached hydrogens (tertiary/aromatic N) is 1. The van der Waals surface area contributed by atoms with Crippen molar-refractivity contribution in [3.8, 4) is 0 Å². The van der Waals surface area contributed by atoms with Crippen LogP contribution in [0.1, 0.15) is 44.6 Å². The lowest BCUT2D eigenvalue weighted by Crippen LogP contribution is -2.22. The number of hydrogen-bond donors (Lipinski definition) is 1. The minimum absolute atomic E-state index is 0. The zero-order valence-corrected chi connectivity index (χ0v) is 14.0.